The van der Waals surface area contributed by atoms with Gasteiger partial charge in [0.2, 0.25) is 0 Å². The Labute approximate surface area is 133 Å². The summed E-state index contributed by atoms with van der Waals surface area (Å²) in [6.45, 7) is 0.782. The molecule has 2 aromatic rings. The average Bonchev–Trinajstić information content (AvgIpc) is 2.51. The van der Waals surface area contributed by atoms with Gasteiger partial charge in [-0.25, -0.2) is 4.79 Å². The van der Waals surface area contributed by atoms with Crippen molar-refractivity contribution in [3.05, 3.63) is 70.8 Å². The summed E-state index contributed by atoms with van der Waals surface area (Å²) in [5.74, 6) is 0.481. The quantitative estimate of drug-likeness (QED) is 0.524. The molecule has 3 N–H and O–H groups in total. The van der Waals surface area contributed by atoms with Crippen LogP contribution in [-0.4, -0.2) is 25.5 Å². The summed E-state index contributed by atoms with van der Waals surface area (Å²) >= 11 is 0. The minimum absolute atomic E-state index is 0.213. The van der Waals surface area contributed by atoms with Gasteiger partial charge in [-0.3, -0.25) is 9.13 Å². The second-order valence-corrected chi connectivity index (χ2v) is 6.60. The van der Waals surface area contributed by atoms with E-state index >= 15 is 0 Å². The molecule has 0 saturated heterocycles. The van der Waals surface area contributed by atoms with Crippen molar-refractivity contribution >= 4 is 13.4 Å². The van der Waals surface area contributed by atoms with Crippen molar-refractivity contribution in [3.63, 3.8) is 0 Å². The lowest BCUT2D eigenvalue weighted by molar-refractivity contribution is 0.377. The molecule has 0 aliphatic rings. The third kappa shape index (κ3) is 6.20. The van der Waals surface area contributed by atoms with Gasteiger partial charge in [-0.1, -0.05) is 42.5 Å². The molecule has 0 unspecified atom stereocenters. The van der Waals surface area contributed by atoms with Gasteiger partial charge in [0, 0.05) is 19.3 Å². The number of rotatable bonds is 7. The fourth-order valence-corrected chi connectivity index (χ4v) is 2.28. The highest BCUT2D eigenvalue weighted by atomic mass is 31.2. The molecule has 0 aliphatic heterocycles. The maximum atomic E-state index is 11.9. The van der Waals surface area contributed by atoms with Gasteiger partial charge in [0.15, 0.2) is 0 Å². The van der Waals surface area contributed by atoms with Crippen LogP contribution in [0.4, 0.5) is 5.82 Å². The van der Waals surface area contributed by atoms with Crippen molar-refractivity contribution in [3.8, 4) is 0 Å². The van der Waals surface area contributed by atoms with Gasteiger partial charge < -0.3 is 15.1 Å². The molecule has 1 aromatic carbocycles. The van der Waals surface area contributed by atoms with Gasteiger partial charge in [-0.05, 0) is 11.6 Å². The summed E-state index contributed by atoms with van der Waals surface area (Å²) in [5.41, 5.74) is 0.655. The summed E-state index contributed by atoms with van der Waals surface area (Å²) in [6, 6.07) is 11.4. The molecule has 0 spiro atoms. The fraction of sp³-hybridized carbons (Fsp3) is 0.200. The number of nitrogens with one attached hydrogen (secondary N) is 1. The molecule has 1 heterocycles. The van der Waals surface area contributed by atoms with E-state index < -0.39 is 13.3 Å². The summed E-state index contributed by atoms with van der Waals surface area (Å²) in [4.78, 5) is 33.3. The summed E-state index contributed by atoms with van der Waals surface area (Å²) in [5, 5.41) is 3.07. The number of nitrogens with zero attached hydrogens (tertiary/aromatic N) is 2. The SMILES string of the molecule is O=c1nc(NCc2ccccc2)ccn1C/C=C/CP(=O)(O)O. The molecular weight excluding hydrogens is 317 g/mol. The molecule has 0 aliphatic carbocycles. The highest BCUT2D eigenvalue weighted by Crippen LogP contribution is 2.33. The maximum absolute atomic E-state index is 11.9. The average molecular weight is 335 g/mol. The number of hydrogen-bond acceptors (Lipinski definition) is 4. The number of hydrogen-bond donors (Lipinski definition) is 3. The number of aromatic nitrogens is 2. The molecule has 0 fully saturated rings. The van der Waals surface area contributed by atoms with E-state index in [9.17, 15) is 9.36 Å². The van der Waals surface area contributed by atoms with Gasteiger partial charge in [-0.2, -0.15) is 4.98 Å². The molecule has 0 amide bonds. The Morgan fingerprint density at radius 1 is 1.17 bits per heavy atom. The van der Waals surface area contributed by atoms with Crippen LogP contribution < -0.4 is 11.0 Å². The molecule has 8 heteroatoms. The Morgan fingerprint density at radius 3 is 2.57 bits per heavy atom. The number of anilines is 1. The largest absolute Gasteiger partial charge is 0.366 e. The van der Waals surface area contributed by atoms with E-state index in [1.54, 1.807) is 12.3 Å². The second kappa shape index (κ2) is 7.87. The Balaban J connectivity index is 1.93. The van der Waals surface area contributed by atoms with Crippen molar-refractivity contribution in [2.45, 2.75) is 13.1 Å². The zero-order valence-corrected chi connectivity index (χ0v) is 13.3. The topological polar surface area (TPSA) is 104 Å². The van der Waals surface area contributed by atoms with Gasteiger partial charge in [-0.15, -0.1) is 0 Å². The predicted octanol–water partition coefficient (Wildman–Crippen LogP) is 1.59. The van der Waals surface area contributed by atoms with Crippen LogP contribution in [0.25, 0.3) is 0 Å². The molecule has 0 bridgehead atoms. The van der Waals surface area contributed by atoms with Crippen molar-refractivity contribution in [1.29, 1.82) is 0 Å². The molecule has 2 rings (SSSR count). The van der Waals surface area contributed by atoms with E-state index in [1.807, 2.05) is 30.3 Å². The van der Waals surface area contributed by atoms with Gasteiger partial charge in [0.25, 0.3) is 0 Å². The zero-order chi connectivity index (χ0) is 16.7. The minimum Gasteiger partial charge on any atom is -0.366 e. The molecule has 0 saturated carbocycles. The van der Waals surface area contributed by atoms with Crippen molar-refractivity contribution < 1.29 is 14.4 Å². The van der Waals surface area contributed by atoms with Crippen LogP contribution in [0.2, 0.25) is 0 Å². The lowest BCUT2D eigenvalue weighted by Crippen LogP contribution is -2.22. The molecule has 0 atom stereocenters. The first-order valence-corrected chi connectivity index (χ1v) is 8.79. The summed E-state index contributed by atoms with van der Waals surface area (Å²) < 4.78 is 12.0. The molecule has 7 nitrogen and oxygen atoms in total. The standard InChI is InChI=1S/C15H18N3O4P/c19-15-17-14(16-12-13-6-2-1-3-7-13)8-10-18(15)9-4-5-11-23(20,21)22/h1-8,10H,9,11-12H2,(H,16,17,19)(H2,20,21,22)/b5-4+. The summed E-state index contributed by atoms with van der Waals surface area (Å²) in [7, 11) is -4.04. The van der Waals surface area contributed by atoms with E-state index in [0.29, 0.717) is 12.4 Å². The van der Waals surface area contributed by atoms with Gasteiger partial charge >= 0.3 is 13.3 Å². The molecular formula is C15H18N3O4P. The summed E-state index contributed by atoms with van der Waals surface area (Å²) in [6.07, 6.45) is 4.13. The predicted molar refractivity (Wildman–Crippen MR) is 88.3 cm³/mol. The fourth-order valence-electron chi connectivity index (χ4n) is 1.85. The van der Waals surface area contributed by atoms with E-state index in [2.05, 4.69) is 10.3 Å². The van der Waals surface area contributed by atoms with Crippen LogP contribution >= 0.6 is 7.60 Å². The van der Waals surface area contributed by atoms with Crippen molar-refractivity contribution in [1.82, 2.24) is 9.55 Å². The third-order valence-corrected chi connectivity index (χ3v) is 3.69. The van der Waals surface area contributed by atoms with Crippen molar-refractivity contribution in [2.75, 3.05) is 11.5 Å². The van der Waals surface area contributed by atoms with Crippen LogP contribution in [0.3, 0.4) is 0 Å². The normalized spacial score (nSPS) is 11.7. The lowest BCUT2D eigenvalue weighted by atomic mass is 10.2. The van der Waals surface area contributed by atoms with Crippen LogP contribution in [0.5, 0.6) is 0 Å². The van der Waals surface area contributed by atoms with E-state index in [-0.39, 0.29) is 12.7 Å². The molecule has 23 heavy (non-hydrogen) atoms. The molecule has 1 aromatic heterocycles. The Bertz CT molecular complexity index is 768. The molecule has 122 valence electrons. The third-order valence-electron chi connectivity index (χ3n) is 3.00. The van der Waals surface area contributed by atoms with Gasteiger partial charge in [0.05, 0.1) is 6.16 Å². The first kappa shape index (κ1) is 17.1. The van der Waals surface area contributed by atoms with E-state index in [0.717, 1.165) is 5.56 Å². The van der Waals surface area contributed by atoms with Crippen LogP contribution in [0.15, 0.2) is 59.5 Å². The monoisotopic (exact) mass is 335 g/mol. The minimum atomic E-state index is -4.04. The zero-order valence-electron chi connectivity index (χ0n) is 12.4. The van der Waals surface area contributed by atoms with Crippen LogP contribution in [0, 0.1) is 0 Å². The number of allylic oxidation sites excluding steroid dienone is 2. The van der Waals surface area contributed by atoms with E-state index in [1.165, 1.54) is 16.7 Å². The first-order chi connectivity index (χ1) is 10.9. The van der Waals surface area contributed by atoms with Gasteiger partial charge in [0.1, 0.15) is 5.82 Å². The van der Waals surface area contributed by atoms with Crippen molar-refractivity contribution in [2.24, 2.45) is 0 Å². The first-order valence-electron chi connectivity index (χ1n) is 6.99. The number of benzene rings is 1. The van der Waals surface area contributed by atoms with Crippen LogP contribution in [0.1, 0.15) is 5.56 Å². The van der Waals surface area contributed by atoms with Crippen LogP contribution in [-0.2, 0) is 17.7 Å². The molecule has 0 radical (unpaired) electrons. The van der Waals surface area contributed by atoms with E-state index in [4.69, 9.17) is 9.79 Å². The Kier molecular flexibility index (Phi) is 5.87. The second-order valence-electron chi connectivity index (χ2n) is 4.91. The highest BCUT2D eigenvalue weighted by molar-refractivity contribution is 7.51. The lowest BCUT2D eigenvalue weighted by Gasteiger charge is -2.07. The Morgan fingerprint density at radius 2 is 1.91 bits per heavy atom. The highest BCUT2D eigenvalue weighted by Gasteiger charge is 2.08. The maximum Gasteiger partial charge on any atom is 0.349 e. The smallest absolute Gasteiger partial charge is 0.349 e. The Hall–Kier alpha value is -2.21.